The number of rotatable bonds is 6. The molecule has 1 atom stereocenters. The van der Waals surface area contributed by atoms with Crippen molar-refractivity contribution in [3.63, 3.8) is 0 Å². The topological polar surface area (TPSA) is 89.3 Å². The van der Waals surface area contributed by atoms with Crippen molar-refractivity contribution in [2.45, 2.75) is 38.6 Å². The predicted octanol–water partition coefficient (Wildman–Crippen LogP) is 2.79. The van der Waals surface area contributed by atoms with E-state index in [2.05, 4.69) is 15.6 Å². The fourth-order valence-electron chi connectivity index (χ4n) is 2.37. The van der Waals surface area contributed by atoms with Gasteiger partial charge in [-0.15, -0.1) is 0 Å². The third-order valence-corrected chi connectivity index (χ3v) is 3.44. The van der Waals surface area contributed by atoms with E-state index < -0.39 is 4.92 Å². The minimum Gasteiger partial charge on any atom is -0.379 e. The first kappa shape index (κ1) is 15.5. The molecule has 116 valence electrons. The average Bonchev–Trinajstić information content (AvgIpc) is 2.45. The van der Waals surface area contributed by atoms with Gasteiger partial charge in [0, 0.05) is 13.2 Å². The second-order valence-corrected chi connectivity index (χ2v) is 5.62. The number of nitro groups is 1. The van der Waals surface area contributed by atoms with Crippen LogP contribution in [0.15, 0.2) is 12.1 Å². The lowest BCUT2D eigenvalue weighted by Gasteiger charge is -2.34. The van der Waals surface area contributed by atoms with E-state index in [0.29, 0.717) is 18.2 Å². The summed E-state index contributed by atoms with van der Waals surface area (Å²) in [6, 6.07) is 2.93. The zero-order valence-corrected chi connectivity index (χ0v) is 12.5. The van der Waals surface area contributed by atoms with E-state index in [1.807, 2.05) is 13.8 Å². The first-order valence-corrected chi connectivity index (χ1v) is 7.29. The highest BCUT2D eigenvalue weighted by Gasteiger charge is 2.28. The van der Waals surface area contributed by atoms with Crippen molar-refractivity contribution in [2.75, 3.05) is 30.4 Å². The van der Waals surface area contributed by atoms with Gasteiger partial charge in [-0.25, -0.2) is 4.98 Å². The van der Waals surface area contributed by atoms with Crippen molar-refractivity contribution in [2.24, 2.45) is 0 Å². The first-order valence-electron chi connectivity index (χ1n) is 7.29. The van der Waals surface area contributed by atoms with Gasteiger partial charge in [-0.1, -0.05) is 6.92 Å². The van der Waals surface area contributed by atoms with E-state index in [4.69, 9.17) is 4.74 Å². The average molecular weight is 294 g/mol. The minimum absolute atomic E-state index is 0.0337. The van der Waals surface area contributed by atoms with Gasteiger partial charge in [0.25, 0.3) is 5.69 Å². The molecule has 2 N–H and O–H groups in total. The molecule has 1 aliphatic rings. The summed E-state index contributed by atoms with van der Waals surface area (Å²) in [5.41, 5.74) is -0.200. The number of nitrogens with zero attached hydrogens (tertiary/aromatic N) is 2. The van der Waals surface area contributed by atoms with Crippen LogP contribution < -0.4 is 10.6 Å². The van der Waals surface area contributed by atoms with Gasteiger partial charge in [-0.05, 0) is 26.2 Å². The highest BCUT2D eigenvalue weighted by molar-refractivity contribution is 5.55. The summed E-state index contributed by atoms with van der Waals surface area (Å²) in [4.78, 5) is 15.1. The third kappa shape index (κ3) is 4.29. The number of aromatic nitrogens is 1. The fourth-order valence-corrected chi connectivity index (χ4v) is 2.37. The zero-order valence-electron chi connectivity index (χ0n) is 12.5. The molecule has 1 saturated heterocycles. The fraction of sp³-hybridized carbons (Fsp3) is 0.643. The summed E-state index contributed by atoms with van der Waals surface area (Å²) in [5, 5.41) is 17.4. The van der Waals surface area contributed by atoms with E-state index in [9.17, 15) is 10.1 Å². The lowest BCUT2D eigenvalue weighted by molar-refractivity contribution is -0.384. The normalized spacial score (nSPS) is 21.8. The summed E-state index contributed by atoms with van der Waals surface area (Å²) in [5.74, 6) is 1.03. The molecule has 0 bridgehead atoms. The molecule has 7 nitrogen and oxygen atoms in total. The molecule has 2 rings (SSSR count). The quantitative estimate of drug-likeness (QED) is 0.619. The second kappa shape index (κ2) is 6.71. The Morgan fingerprint density at radius 2 is 2.24 bits per heavy atom. The molecule has 0 amide bonds. The Balaban J connectivity index is 2.20. The van der Waals surface area contributed by atoms with Crippen LogP contribution in [0.1, 0.15) is 33.1 Å². The largest absolute Gasteiger partial charge is 0.379 e. The molecule has 0 spiro atoms. The summed E-state index contributed by atoms with van der Waals surface area (Å²) in [6.07, 6.45) is 2.85. The summed E-state index contributed by atoms with van der Waals surface area (Å²) in [7, 11) is 0. The van der Waals surface area contributed by atoms with Crippen molar-refractivity contribution in [3.8, 4) is 0 Å². The molecule has 0 saturated carbocycles. The number of hydrogen-bond donors (Lipinski definition) is 2. The smallest absolute Gasteiger partial charge is 0.276 e. The van der Waals surface area contributed by atoms with Gasteiger partial charge in [0.15, 0.2) is 0 Å². The van der Waals surface area contributed by atoms with Crippen LogP contribution in [0.2, 0.25) is 0 Å². The summed E-state index contributed by atoms with van der Waals surface area (Å²) in [6.45, 7) is 6.15. The van der Waals surface area contributed by atoms with E-state index in [-0.39, 0.29) is 11.2 Å². The van der Waals surface area contributed by atoms with Gasteiger partial charge in [0.1, 0.15) is 11.6 Å². The standard InChI is InChI=1S/C14H22N4O3/c1-3-6-15-12-8-11(18(19)20)9-13(16-12)17-14(2)5-4-7-21-10-14/h8-9H,3-7,10H2,1-2H3,(H2,15,16,17). The predicted molar refractivity (Wildman–Crippen MR) is 81.8 cm³/mol. The van der Waals surface area contributed by atoms with Crippen LogP contribution in [-0.2, 0) is 4.74 Å². The second-order valence-electron chi connectivity index (χ2n) is 5.62. The maximum Gasteiger partial charge on any atom is 0.276 e. The van der Waals surface area contributed by atoms with Crippen LogP contribution in [0.25, 0.3) is 0 Å². The molecule has 21 heavy (non-hydrogen) atoms. The van der Waals surface area contributed by atoms with Crippen LogP contribution >= 0.6 is 0 Å². The highest BCUT2D eigenvalue weighted by Crippen LogP contribution is 2.27. The van der Waals surface area contributed by atoms with Crippen LogP contribution in [0.5, 0.6) is 0 Å². The Morgan fingerprint density at radius 3 is 2.86 bits per heavy atom. The monoisotopic (exact) mass is 294 g/mol. The number of ether oxygens (including phenoxy) is 1. The van der Waals surface area contributed by atoms with Crippen LogP contribution in [0.3, 0.4) is 0 Å². The molecule has 0 aromatic carbocycles. The molecule has 7 heteroatoms. The Morgan fingerprint density at radius 1 is 1.48 bits per heavy atom. The molecular formula is C14H22N4O3. The molecule has 0 radical (unpaired) electrons. The van der Waals surface area contributed by atoms with Crippen molar-refractivity contribution in [3.05, 3.63) is 22.2 Å². The molecule has 1 unspecified atom stereocenters. The van der Waals surface area contributed by atoms with Gasteiger partial charge < -0.3 is 15.4 Å². The first-order chi connectivity index (χ1) is 10.0. The van der Waals surface area contributed by atoms with E-state index in [1.165, 1.54) is 12.1 Å². The number of anilines is 2. The summed E-state index contributed by atoms with van der Waals surface area (Å²) >= 11 is 0. The number of nitrogens with one attached hydrogen (secondary N) is 2. The van der Waals surface area contributed by atoms with Crippen molar-refractivity contribution >= 4 is 17.3 Å². The molecule has 1 aromatic heterocycles. The molecule has 0 aliphatic carbocycles. The van der Waals surface area contributed by atoms with Crippen LogP contribution in [0, 0.1) is 10.1 Å². The van der Waals surface area contributed by atoms with Gasteiger partial charge in [-0.3, -0.25) is 10.1 Å². The zero-order chi connectivity index (χ0) is 15.3. The lowest BCUT2D eigenvalue weighted by Crippen LogP contribution is -2.43. The third-order valence-electron chi connectivity index (χ3n) is 3.44. The molecule has 2 heterocycles. The Labute approximate surface area is 124 Å². The van der Waals surface area contributed by atoms with E-state index >= 15 is 0 Å². The van der Waals surface area contributed by atoms with Gasteiger partial charge in [0.05, 0.1) is 29.2 Å². The van der Waals surface area contributed by atoms with Crippen LogP contribution in [0.4, 0.5) is 17.3 Å². The van der Waals surface area contributed by atoms with E-state index in [0.717, 1.165) is 32.4 Å². The molecule has 1 aliphatic heterocycles. The van der Waals surface area contributed by atoms with E-state index in [1.54, 1.807) is 0 Å². The van der Waals surface area contributed by atoms with Crippen molar-refractivity contribution < 1.29 is 9.66 Å². The molecule has 1 fully saturated rings. The number of hydrogen-bond acceptors (Lipinski definition) is 6. The van der Waals surface area contributed by atoms with Gasteiger partial charge in [0.2, 0.25) is 0 Å². The van der Waals surface area contributed by atoms with Gasteiger partial charge >= 0.3 is 0 Å². The maximum absolute atomic E-state index is 11.0. The molecular weight excluding hydrogens is 272 g/mol. The van der Waals surface area contributed by atoms with Gasteiger partial charge in [-0.2, -0.15) is 0 Å². The lowest BCUT2D eigenvalue weighted by atomic mass is 9.95. The SMILES string of the molecule is CCCNc1cc([N+](=O)[O-])cc(NC2(C)CCCOC2)n1. The number of pyridine rings is 1. The van der Waals surface area contributed by atoms with Crippen LogP contribution in [-0.4, -0.2) is 35.2 Å². The minimum atomic E-state index is -0.399. The van der Waals surface area contributed by atoms with Crippen molar-refractivity contribution in [1.82, 2.24) is 4.98 Å². The Kier molecular flexibility index (Phi) is 4.95. The maximum atomic E-state index is 11.0. The molecule has 1 aromatic rings. The van der Waals surface area contributed by atoms with Crippen molar-refractivity contribution in [1.29, 1.82) is 0 Å². The Hall–Kier alpha value is -1.89. The summed E-state index contributed by atoms with van der Waals surface area (Å²) < 4.78 is 5.49. The highest BCUT2D eigenvalue weighted by atomic mass is 16.6. The Bertz CT molecular complexity index is 501.